The van der Waals surface area contributed by atoms with Gasteiger partial charge < -0.3 is 4.74 Å². The van der Waals surface area contributed by atoms with E-state index in [0.717, 1.165) is 0 Å². The second kappa shape index (κ2) is 3.87. The molecule has 100 valence electrons. The van der Waals surface area contributed by atoms with Gasteiger partial charge in [-0.3, -0.25) is 25.1 Å². The van der Waals surface area contributed by atoms with Crippen LogP contribution in [0.2, 0.25) is 0 Å². The molecule has 2 rings (SSSR count). The molecule has 0 aromatic rings. The normalized spacial score (nSPS) is 35.8. The maximum Gasteiger partial charge on any atom is 0.314 e. The summed E-state index contributed by atoms with van der Waals surface area (Å²) in [7, 11) is 2.94. The molecule has 2 aliphatic heterocycles. The Kier molecular flexibility index (Phi) is 2.73. The molecule has 0 saturated carbocycles. The number of hydrogen-bond donors (Lipinski definition) is 0. The second-order valence-electron chi connectivity index (χ2n) is 4.94. The average Bonchev–Trinajstić information content (AvgIpc) is 2.28. The van der Waals surface area contributed by atoms with Gasteiger partial charge in [-0.15, -0.1) is 0 Å². The molecule has 0 spiro atoms. The molecule has 0 amide bonds. The molecule has 9 heteroatoms. The molecule has 9 nitrogen and oxygen atoms in total. The van der Waals surface area contributed by atoms with Crippen LogP contribution in [0.25, 0.3) is 0 Å². The highest BCUT2D eigenvalue weighted by Gasteiger charge is 2.67. The minimum atomic E-state index is -1.60. The Morgan fingerprint density at radius 3 is 2.50 bits per heavy atom. The van der Waals surface area contributed by atoms with Gasteiger partial charge in [-0.2, -0.15) is 0 Å². The van der Waals surface area contributed by atoms with E-state index in [1.165, 1.54) is 7.11 Å². The number of aliphatic imine (C=N–C) groups is 1. The predicted octanol–water partition coefficient (Wildman–Crippen LogP) is -0.589. The summed E-state index contributed by atoms with van der Waals surface area (Å²) in [6.45, 7) is 0.154. The Bertz CT molecular complexity index is 439. The van der Waals surface area contributed by atoms with E-state index in [-0.39, 0.29) is 32.0 Å². The third-order valence-corrected chi connectivity index (χ3v) is 3.56. The lowest BCUT2D eigenvalue weighted by atomic mass is 9.75. The number of hydrogen-bond acceptors (Lipinski definition) is 7. The molecule has 0 aromatic carbocycles. The predicted molar refractivity (Wildman–Crippen MR) is 60.9 cm³/mol. The zero-order chi connectivity index (χ0) is 13.6. The fourth-order valence-electron chi connectivity index (χ4n) is 2.91. The Hall–Kier alpha value is -1.77. The van der Waals surface area contributed by atoms with Crippen molar-refractivity contribution in [2.75, 3.05) is 33.8 Å². The van der Waals surface area contributed by atoms with Crippen molar-refractivity contribution in [1.29, 1.82) is 0 Å². The third-order valence-electron chi connectivity index (χ3n) is 3.56. The molecule has 18 heavy (non-hydrogen) atoms. The van der Waals surface area contributed by atoms with Gasteiger partial charge in [0.25, 0.3) is 11.4 Å². The van der Waals surface area contributed by atoms with Crippen LogP contribution >= 0.6 is 0 Å². The summed E-state index contributed by atoms with van der Waals surface area (Å²) >= 11 is 0. The first kappa shape index (κ1) is 12.7. The van der Waals surface area contributed by atoms with Crippen molar-refractivity contribution in [1.82, 2.24) is 4.90 Å². The van der Waals surface area contributed by atoms with Crippen LogP contribution in [0.3, 0.4) is 0 Å². The first-order valence-corrected chi connectivity index (χ1v) is 5.43. The van der Waals surface area contributed by atoms with Crippen molar-refractivity contribution in [2.45, 2.75) is 17.5 Å². The van der Waals surface area contributed by atoms with Crippen molar-refractivity contribution >= 4 is 5.90 Å². The molecule has 1 fully saturated rings. The lowest BCUT2D eigenvalue weighted by Gasteiger charge is -2.43. The van der Waals surface area contributed by atoms with Crippen molar-refractivity contribution < 1.29 is 14.6 Å². The SMILES string of the molecule is COC1=NCC2([N+](=O)[O-])CN(C)CC1([N+](=O)[O-])C2. The van der Waals surface area contributed by atoms with E-state index >= 15 is 0 Å². The van der Waals surface area contributed by atoms with Crippen LogP contribution < -0.4 is 0 Å². The molecule has 2 unspecified atom stereocenters. The number of ether oxygens (including phenoxy) is 1. The third kappa shape index (κ3) is 1.54. The highest BCUT2D eigenvalue weighted by atomic mass is 16.6. The number of likely N-dealkylation sites (N-methyl/N-ethyl adjacent to an activating group) is 1. The van der Waals surface area contributed by atoms with E-state index in [1.54, 1.807) is 11.9 Å². The van der Waals surface area contributed by atoms with Gasteiger partial charge in [0.05, 0.1) is 20.2 Å². The van der Waals surface area contributed by atoms with E-state index in [4.69, 9.17) is 4.74 Å². The Morgan fingerprint density at radius 1 is 1.33 bits per heavy atom. The van der Waals surface area contributed by atoms with Gasteiger partial charge in [0.2, 0.25) is 0 Å². The first-order chi connectivity index (χ1) is 8.36. The minimum absolute atomic E-state index is 0.0171. The maximum absolute atomic E-state index is 11.4. The van der Waals surface area contributed by atoms with Crippen molar-refractivity contribution in [3.05, 3.63) is 20.2 Å². The van der Waals surface area contributed by atoms with Crippen LogP contribution in [0.1, 0.15) is 6.42 Å². The number of nitro groups is 2. The molecule has 2 atom stereocenters. The van der Waals surface area contributed by atoms with Crippen LogP contribution in [-0.2, 0) is 4.74 Å². The van der Waals surface area contributed by atoms with Gasteiger partial charge in [-0.25, -0.2) is 4.99 Å². The highest BCUT2D eigenvalue weighted by molar-refractivity contribution is 5.86. The van der Waals surface area contributed by atoms with Crippen LogP contribution in [0, 0.1) is 20.2 Å². The number of methoxy groups -OCH3 is 1. The van der Waals surface area contributed by atoms with E-state index in [1.807, 2.05) is 0 Å². The summed E-state index contributed by atoms with van der Waals surface area (Å²) in [5, 5.41) is 22.6. The fraction of sp³-hybridized carbons (Fsp3) is 0.889. The zero-order valence-corrected chi connectivity index (χ0v) is 10.2. The van der Waals surface area contributed by atoms with Gasteiger partial charge in [0.1, 0.15) is 13.0 Å². The fourth-order valence-corrected chi connectivity index (χ4v) is 2.91. The van der Waals surface area contributed by atoms with Gasteiger partial charge in [0.15, 0.2) is 0 Å². The molecule has 0 aromatic heterocycles. The van der Waals surface area contributed by atoms with Crippen LogP contribution in [0.5, 0.6) is 0 Å². The molecule has 0 aliphatic carbocycles. The number of nitrogens with zero attached hydrogens (tertiary/aromatic N) is 4. The monoisotopic (exact) mass is 258 g/mol. The highest BCUT2D eigenvalue weighted by Crippen LogP contribution is 2.37. The lowest BCUT2D eigenvalue weighted by Crippen LogP contribution is -2.70. The Balaban J connectivity index is 2.53. The Morgan fingerprint density at radius 2 is 2.00 bits per heavy atom. The summed E-state index contributed by atoms with van der Waals surface area (Å²) in [5.74, 6) is -0.0171. The molecule has 1 saturated heterocycles. The lowest BCUT2D eigenvalue weighted by molar-refractivity contribution is -0.614. The smallest absolute Gasteiger partial charge is 0.314 e. The molecule has 2 aliphatic rings. The number of piperidine rings is 1. The van der Waals surface area contributed by atoms with Crippen LogP contribution in [0.15, 0.2) is 4.99 Å². The molecule has 2 bridgehead atoms. The largest absolute Gasteiger partial charge is 0.479 e. The van der Waals surface area contributed by atoms with E-state index in [2.05, 4.69) is 4.99 Å². The van der Waals surface area contributed by atoms with Crippen molar-refractivity contribution in [2.24, 2.45) is 4.99 Å². The summed E-state index contributed by atoms with van der Waals surface area (Å²) < 4.78 is 4.97. The van der Waals surface area contributed by atoms with E-state index < -0.39 is 20.9 Å². The number of likely N-dealkylation sites (tertiary alicyclic amines) is 1. The van der Waals surface area contributed by atoms with Crippen molar-refractivity contribution in [3.63, 3.8) is 0 Å². The summed E-state index contributed by atoms with van der Waals surface area (Å²) in [5.41, 5.74) is -2.99. The van der Waals surface area contributed by atoms with Gasteiger partial charge in [-0.05, 0) is 7.05 Å². The van der Waals surface area contributed by atoms with E-state index in [9.17, 15) is 20.2 Å². The first-order valence-electron chi connectivity index (χ1n) is 5.43. The number of rotatable bonds is 2. The second-order valence-corrected chi connectivity index (χ2v) is 4.94. The van der Waals surface area contributed by atoms with Crippen LogP contribution in [0.4, 0.5) is 0 Å². The Labute approximate surface area is 103 Å². The molecule has 2 heterocycles. The molecular weight excluding hydrogens is 244 g/mol. The summed E-state index contributed by atoms with van der Waals surface area (Å²) in [4.78, 5) is 27.2. The standard InChI is InChI=1S/C9H14N4O5/c1-11-5-8(12(14)15)3-9(6-11,13(16)17)7(18-2)10-4-8/h3-6H2,1-2H3. The quantitative estimate of drug-likeness (QED) is 0.483. The molecule has 0 radical (unpaired) electrons. The topological polar surface area (TPSA) is 111 Å². The van der Waals surface area contributed by atoms with E-state index in [0.29, 0.717) is 0 Å². The minimum Gasteiger partial charge on any atom is -0.479 e. The zero-order valence-electron chi connectivity index (χ0n) is 10.2. The molecule has 0 N–H and O–H groups in total. The van der Waals surface area contributed by atoms with Crippen molar-refractivity contribution in [3.8, 4) is 0 Å². The average molecular weight is 258 g/mol. The summed E-state index contributed by atoms with van der Waals surface area (Å²) in [6.07, 6.45) is -0.170. The maximum atomic E-state index is 11.4. The van der Waals surface area contributed by atoms with Gasteiger partial charge >= 0.3 is 5.54 Å². The van der Waals surface area contributed by atoms with Gasteiger partial charge in [-0.1, -0.05) is 0 Å². The van der Waals surface area contributed by atoms with Crippen LogP contribution in [-0.4, -0.2) is 65.5 Å². The number of fused-ring (bicyclic) bond motifs is 2. The summed E-state index contributed by atoms with van der Waals surface area (Å²) in [6, 6.07) is 0. The van der Waals surface area contributed by atoms with Gasteiger partial charge in [0, 0.05) is 9.85 Å². The molecular formula is C9H14N4O5.